The Kier molecular flexibility index (Phi) is 2.32. The molecule has 4 heteroatoms. The maximum atomic E-state index is 13.7. The number of nitrogens with one attached hydrogen (secondary N) is 1. The summed E-state index contributed by atoms with van der Waals surface area (Å²) in [6, 6.07) is 6.97. The van der Waals surface area contributed by atoms with E-state index in [0.717, 1.165) is 10.2 Å². The fourth-order valence-electron chi connectivity index (χ4n) is 1.78. The van der Waals surface area contributed by atoms with E-state index in [1.165, 1.54) is 18.9 Å². The Morgan fingerprint density at radius 3 is 2.81 bits per heavy atom. The van der Waals surface area contributed by atoms with Gasteiger partial charge < -0.3 is 0 Å². The molecule has 0 spiro atoms. The van der Waals surface area contributed by atoms with Crippen molar-refractivity contribution < 1.29 is 4.39 Å². The first kappa shape index (κ1) is 10.0. The van der Waals surface area contributed by atoms with Gasteiger partial charge in [-0.1, -0.05) is 15.9 Å². The van der Waals surface area contributed by atoms with Crippen LogP contribution in [-0.4, -0.2) is 10.2 Å². The molecule has 2 aromatic rings. The molecule has 16 heavy (non-hydrogen) atoms. The number of H-pyrrole nitrogens is 1. The second-order valence-corrected chi connectivity index (χ2v) is 5.02. The second-order valence-electron chi connectivity index (χ2n) is 4.11. The lowest BCUT2D eigenvalue weighted by molar-refractivity contribution is 0.630. The van der Waals surface area contributed by atoms with E-state index in [2.05, 4.69) is 26.1 Å². The van der Waals surface area contributed by atoms with Gasteiger partial charge in [0.25, 0.3) is 0 Å². The van der Waals surface area contributed by atoms with Crippen molar-refractivity contribution in [3.8, 4) is 11.3 Å². The van der Waals surface area contributed by atoms with Crippen LogP contribution in [0.5, 0.6) is 0 Å². The molecule has 1 saturated carbocycles. The molecule has 0 radical (unpaired) electrons. The first-order chi connectivity index (χ1) is 7.74. The van der Waals surface area contributed by atoms with Crippen molar-refractivity contribution in [2.75, 3.05) is 0 Å². The molecule has 1 aromatic carbocycles. The molecule has 0 saturated heterocycles. The van der Waals surface area contributed by atoms with E-state index in [9.17, 15) is 4.39 Å². The zero-order valence-corrected chi connectivity index (χ0v) is 10.1. The van der Waals surface area contributed by atoms with E-state index in [1.54, 1.807) is 6.07 Å². The van der Waals surface area contributed by atoms with E-state index < -0.39 is 0 Å². The quantitative estimate of drug-likeness (QED) is 0.889. The maximum absolute atomic E-state index is 13.7. The minimum atomic E-state index is -0.247. The van der Waals surface area contributed by atoms with Crippen LogP contribution in [0.1, 0.15) is 24.5 Å². The van der Waals surface area contributed by atoms with Crippen molar-refractivity contribution in [1.82, 2.24) is 10.2 Å². The van der Waals surface area contributed by atoms with Crippen molar-refractivity contribution >= 4 is 15.9 Å². The van der Waals surface area contributed by atoms with Crippen LogP contribution in [0.3, 0.4) is 0 Å². The number of hydrogen-bond acceptors (Lipinski definition) is 1. The third-order valence-corrected chi connectivity index (χ3v) is 3.32. The highest BCUT2D eigenvalue weighted by Crippen LogP contribution is 2.40. The predicted molar refractivity (Wildman–Crippen MR) is 63.7 cm³/mol. The van der Waals surface area contributed by atoms with Crippen LogP contribution < -0.4 is 0 Å². The molecule has 3 rings (SSSR count). The summed E-state index contributed by atoms with van der Waals surface area (Å²) in [4.78, 5) is 0. The van der Waals surface area contributed by atoms with Gasteiger partial charge in [0.15, 0.2) is 0 Å². The SMILES string of the molecule is Fc1cc(Br)ccc1-c1cc(C2CC2)[nH]n1. The standard InChI is InChI=1S/C12H10BrFN2/c13-8-3-4-9(10(14)5-8)12-6-11(15-16-12)7-1-2-7/h3-7H,1-2H2,(H,15,16). The highest BCUT2D eigenvalue weighted by molar-refractivity contribution is 9.10. The number of nitrogens with zero attached hydrogens (tertiary/aromatic N) is 1. The largest absolute Gasteiger partial charge is 0.282 e. The van der Waals surface area contributed by atoms with Crippen molar-refractivity contribution in [2.24, 2.45) is 0 Å². The van der Waals surface area contributed by atoms with E-state index in [1.807, 2.05) is 12.1 Å². The Labute approximate surface area is 101 Å². The molecule has 1 fully saturated rings. The van der Waals surface area contributed by atoms with Gasteiger partial charge in [0.2, 0.25) is 0 Å². The summed E-state index contributed by atoms with van der Waals surface area (Å²) in [5, 5.41) is 7.14. The van der Waals surface area contributed by atoms with Crippen molar-refractivity contribution in [3.63, 3.8) is 0 Å². The molecule has 0 aliphatic heterocycles. The summed E-state index contributed by atoms with van der Waals surface area (Å²) >= 11 is 3.24. The van der Waals surface area contributed by atoms with Gasteiger partial charge in [0, 0.05) is 21.6 Å². The molecular formula is C12H10BrFN2. The topological polar surface area (TPSA) is 28.7 Å². The van der Waals surface area contributed by atoms with Crippen LogP contribution in [0.4, 0.5) is 4.39 Å². The van der Waals surface area contributed by atoms with Crippen LogP contribution in [0.25, 0.3) is 11.3 Å². The van der Waals surface area contributed by atoms with E-state index in [4.69, 9.17) is 0 Å². The smallest absolute Gasteiger partial charge is 0.133 e. The van der Waals surface area contributed by atoms with Gasteiger partial charge in [-0.3, -0.25) is 5.10 Å². The van der Waals surface area contributed by atoms with Crippen LogP contribution in [-0.2, 0) is 0 Å². The highest BCUT2D eigenvalue weighted by Gasteiger charge is 2.25. The minimum absolute atomic E-state index is 0.247. The minimum Gasteiger partial charge on any atom is -0.282 e. The van der Waals surface area contributed by atoms with Crippen molar-refractivity contribution in [1.29, 1.82) is 0 Å². The lowest BCUT2D eigenvalue weighted by Crippen LogP contribution is -1.84. The lowest BCUT2D eigenvalue weighted by atomic mass is 10.1. The van der Waals surface area contributed by atoms with Gasteiger partial charge >= 0.3 is 0 Å². The van der Waals surface area contributed by atoms with Gasteiger partial charge in [0.1, 0.15) is 5.82 Å². The molecule has 0 bridgehead atoms. The summed E-state index contributed by atoms with van der Waals surface area (Å²) in [6.07, 6.45) is 2.43. The fourth-order valence-corrected chi connectivity index (χ4v) is 2.11. The number of aromatic amines is 1. The second kappa shape index (κ2) is 3.70. The summed E-state index contributed by atoms with van der Waals surface area (Å²) < 4.78 is 14.4. The highest BCUT2D eigenvalue weighted by atomic mass is 79.9. The molecule has 0 amide bonds. The van der Waals surface area contributed by atoms with E-state index >= 15 is 0 Å². The summed E-state index contributed by atoms with van der Waals surface area (Å²) in [5.74, 6) is 0.364. The molecule has 0 atom stereocenters. The molecule has 1 heterocycles. The Bertz CT molecular complexity index is 532. The van der Waals surface area contributed by atoms with Crippen LogP contribution >= 0.6 is 15.9 Å². The zero-order chi connectivity index (χ0) is 11.1. The van der Waals surface area contributed by atoms with Gasteiger partial charge in [-0.25, -0.2) is 4.39 Å². The maximum Gasteiger partial charge on any atom is 0.133 e. The molecule has 1 N–H and O–H groups in total. The normalized spacial score (nSPS) is 15.4. The number of benzene rings is 1. The van der Waals surface area contributed by atoms with Crippen LogP contribution in [0.2, 0.25) is 0 Å². The molecule has 1 aliphatic carbocycles. The first-order valence-electron chi connectivity index (χ1n) is 5.25. The van der Waals surface area contributed by atoms with E-state index in [-0.39, 0.29) is 5.82 Å². The fraction of sp³-hybridized carbons (Fsp3) is 0.250. The number of halogens is 2. The summed E-state index contributed by atoms with van der Waals surface area (Å²) in [5.41, 5.74) is 2.36. The predicted octanol–water partition coefficient (Wildman–Crippen LogP) is 3.86. The Balaban J connectivity index is 2.00. The van der Waals surface area contributed by atoms with E-state index in [0.29, 0.717) is 17.2 Å². The summed E-state index contributed by atoms with van der Waals surface area (Å²) in [6.45, 7) is 0. The molecule has 1 aromatic heterocycles. The Morgan fingerprint density at radius 1 is 1.31 bits per heavy atom. The number of aromatic nitrogens is 2. The van der Waals surface area contributed by atoms with Gasteiger partial charge in [-0.2, -0.15) is 5.10 Å². The average Bonchev–Trinajstić information content (AvgIpc) is 2.98. The number of hydrogen-bond donors (Lipinski definition) is 1. The monoisotopic (exact) mass is 280 g/mol. The molecule has 2 nitrogen and oxygen atoms in total. The molecule has 1 aliphatic rings. The number of rotatable bonds is 2. The van der Waals surface area contributed by atoms with Gasteiger partial charge in [0.05, 0.1) is 5.69 Å². The average molecular weight is 281 g/mol. The lowest BCUT2D eigenvalue weighted by Gasteiger charge is -1.98. The molecule has 0 unspecified atom stereocenters. The molecular weight excluding hydrogens is 271 g/mol. The summed E-state index contributed by atoms with van der Waals surface area (Å²) in [7, 11) is 0. The Hall–Kier alpha value is -1.16. The van der Waals surface area contributed by atoms with Gasteiger partial charge in [-0.15, -0.1) is 0 Å². The van der Waals surface area contributed by atoms with Crippen LogP contribution in [0.15, 0.2) is 28.7 Å². The third kappa shape index (κ3) is 1.78. The Morgan fingerprint density at radius 2 is 2.12 bits per heavy atom. The first-order valence-corrected chi connectivity index (χ1v) is 6.04. The molecule has 82 valence electrons. The third-order valence-electron chi connectivity index (χ3n) is 2.82. The van der Waals surface area contributed by atoms with Crippen molar-refractivity contribution in [2.45, 2.75) is 18.8 Å². The van der Waals surface area contributed by atoms with Gasteiger partial charge in [-0.05, 0) is 37.1 Å². The van der Waals surface area contributed by atoms with Crippen LogP contribution in [0, 0.1) is 5.82 Å². The van der Waals surface area contributed by atoms with Crippen molar-refractivity contribution in [3.05, 3.63) is 40.2 Å². The zero-order valence-electron chi connectivity index (χ0n) is 8.50.